The molecule has 124 valence electrons. The Hall–Kier alpha value is -2.20. The summed E-state index contributed by atoms with van der Waals surface area (Å²) in [6.45, 7) is 2.63. The van der Waals surface area contributed by atoms with E-state index in [1.165, 1.54) is 5.56 Å². The monoisotopic (exact) mass is 315 g/mol. The van der Waals surface area contributed by atoms with Gasteiger partial charge < -0.3 is 19.9 Å². The Morgan fingerprint density at radius 1 is 0.870 bits per heavy atom. The van der Waals surface area contributed by atoms with Crippen molar-refractivity contribution >= 4 is 0 Å². The summed E-state index contributed by atoms with van der Waals surface area (Å²) in [5.41, 5.74) is 9.54. The van der Waals surface area contributed by atoms with Crippen LogP contribution in [0.15, 0.2) is 36.4 Å². The van der Waals surface area contributed by atoms with Crippen LogP contribution in [0.3, 0.4) is 0 Å². The average molecular weight is 315 g/mol. The molecular formula is C19H25NO3. The van der Waals surface area contributed by atoms with Crippen LogP contribution in [0.4, 0.5) is 0 Å². The molecular weight excluding hydrogens is 290 g/mol. The van der Waals surface area contributed by atoms with Crippen LogP contribution < -0.4 is 19.9 Å². The van der Waals surface area contributed by atoms with Gasteiger partial charge in [0.2, 0.25) is 0 Å². The van der Waals surface area contributed by atoms with Gasteiger partial charge in [-0.1, -0.05) is 23.8 Å². The lowest BCUT2D eigenvalue weighted by Gasteiger charge is -2.20. The molecule has 0 aliphatic rings. The van der Waals surface area contributed by atoms with Crippen molar-refractivity contribution in [3.8, 4) is 17.2 Å². The van der Waals surface area contributed by atoms with E-state index in [0.717, 1.165) is 34.8 Å². The highest BCUT2D eigenvalue weighted by molar-refractivity contribution is 5.45. The maximum atomic E-state index is 6.04. The van der Waals surface area contributed by atoms with Gasteiger partial charge in [-0.15, -0.1) is 0 Å². The molecule has 0 saturated carbocycles. The zero-order valence-corrected chi connectivity index (χ0v) is 14.3. The third-order valence-electron chi connectivity index (χ3n) is 4.04. The highest BCUT2D eigenvalue weighted by Crippen LogP contribution is 2.33. The molecule has 0 fully saturated rings. The number of rotatable bonds is 7. The molecule has 0 aliphatic heterocycles. The molecule has 2 aromatic rings. The summed E-state index contributed by atoms with van der Waals surface area (Å²) >= 11 is 0. The van der Waals surface area contributed by atoms with Crippen LogP contribution in [0.2, 0.25) is 0 Å². The summed E-state index contributed by atoms with van der Waals surface area (Å²) in [4.78, 5) is 0. The van der Waals surface area contributed by atoms with Gasteiger partial charge in [-0.2, -0.15) is 0 Å². The molecule has 0 amide bonds. The summed E-state index contributed by atoms with van der Waals surface area (Å²) in [6, 6.07) is 12.2. The predicted octanol–water partition coefficient (Wildman–Crippen LogP) is 3.31. The Morgan fingerprint density at radius 2 is 1.52 bits per heavy atom. The highest BCUT2D eigenvalue weighted by Gasteiger charge is 2.17. The number of benzene rings is 2. The van der Waals surface area contributed by atoms with Gasteiger partial charge in [0.15, 0.2) is 11.5 Å². The zero-order chi connectivity index (χ0) is 16.8. The first-order valence-corrected chi connectivity index (χ1v) is 7.68. The molecule has 0 bridgehead atoms. The molecule has 1 unspecified atom stereocenters. The van der Waals surface area contributed by atoms with Crippen LogP contribution in [-0.4, -0.2) is 27.9 Å². The second kappa shape index (κ2) is 7.88. The normalized spacial score (nSPS) is 11.9. The first-order valence-electron chi connectivity index (χ1n) is 7.68. The Balaban J connectivity index is 2.31. The summed E-state index contributed by atoms with van der Waals surface area (Å²) in [5, 5.41) is 0. The van der Waals surface area contributed by atoms with Crippen LogP contribution in [0, 0.1) is 6.92 Å². The number of nitrogens with two attached hydrogens (primary N) is 1. The standard InChI is InChI=1S/C19H25NO3/c1-13-5-7-17(21-2)16(9-13)15(12-20)10-14-6-8-18(22-3)19(11-14)23-4/h5-9,11,15H,10,12,20H2,1-4H3. The number of hydrogen-bond acceptors (Lipinski definition) is 4. The smallest absolute Gasteiger partial charge is 0.160 e. The summed E-state index contributed by atoms with van der Waals surface area (Å²) in [5.74, 6) is 2.53. The van der Waals surface area contributed by atoms with Crippen LogP contribution in [0.5, 0.6) is 17.2 Å². The fourth-order valence-corrected chi connectivity index (χ4v) is 2.79. The van der Waals surface area contributed by atoms with E-state index < -0.39 is 0 Å². The molecule has 2 N–H and O–H groups in total. The van der Waals surface area contributed by atoms with Crippen molar-refractivity contribution in [2.24, 2.45) is 5.73 Å². The Kier molecular flexibility index (Phi) is 5.88. The number of aryl methyl sites for hydroxylation is 1. The zero-order valence-electron chi connectivity index (χ0n) is 14.3. The fourth-order valence-electron chi connectivity index (χ4n) is 2.79. The van der Waals surface area contributed by atoms with Gasteiger partial charge in [-0.3, -0.25) is 0 Å². The van der Waals surface area contributed by atoms with Gasteiger partial charge in [0.05, 0.1) is 21.3 Å². The van der Waals surface area contributed by atoms with Crippen LogP contribution >= 0.6 is 0 Å². The minimum atomic E-state index is 0.183. The van der Waals surface area contributed by atoms with Gasteiger partial charge in [0.1, 0.15) is 5.75 Å². The first-order chi connectivity index (χ1) is 11.1. The van der Waals surface area contributed by atoms with Gasteiger partial charge in [-0.05, 0) is 49.2 Å². The third-order valence-corrected chi connectivity index (χ3v) is 4.04. The van der Waals surface area contributed by atoms with Crippen molar-refractivity contribution in [3.63, 3.8) is 0 Å². The van der Waals surface area contributed by atoms with Crippen molar-refractivity contribution in [1.82, 2.24) is 0 Å². The van der Waals surface area contributed by atoms with Crippen molar-refractivity contribution in [2.45, 2.75) is 19.3 Å². The van der Waals surface area contributed by atoms with E-state index in [1.54, 1.807) is 21.3 Å². The number of ether oxygens (including phenoxy) is 3. The SMILES string of the molecule is COc1ccc(CC(CN)c2cc(C)ccc2OC)cc1OC. The Labute approximate surface area is 138 Å². The van der Waals surface area contributed by atoms with Crippen LogP contribution in [0.1, 0.15) is 22.6 Å². The summed E-state index contributed by atoms with van der Waals surface area (Å²) in [6.07, 6.45) is 0.816. The molecule has 0 radical (unpaired) electrons. The maximum Gasteiger partial charge on any atom is 0.160 e. The molecule has 0 spiro atoms. The molecule has 1 atom stereocenters. The summed E-state index contributed by atoms with van der Waals surface area (Å²) in [7, 11) is 4.97. The molecule has 0 saturated heterocycles. The van der Waals surface area contributed by atoms with Gasteiger partial charge in [0.25, 0.3) is 0 Å². The van der Waals surface area contributed by atoms with Crippen LogP contribution in [0.25, 0.3) is 0 Å². The molecule has 0 aliphatic carbocycles. The molecule has 4 heteroatoms. The molecule has 0 aromatic heterocycles. The highest BCUT2D eigenvalue weighted by atomic mass is 16.5. The molecule has 0 heterocycles. The van der Waals surface area contributed by atoms with Crippen LogP contribution in [-0.2, 0) is 6.42 Å². The Morgan fingerprint density at radius 3 is 2.13 bits per heavy atom. The topological polar surface area (TPSA) is 53.7 Å². The van der Waals surface area contributed by atoms with E-state index in [1.807, 2.05) is 30.3 Å². The number of hydrogen-bond donors (Lipinski definition) is 1. The molecule has 23 heavy (non-hydrogen) atoms. The first kappa shape index (κ1) is 17.2. The van der Waals surface area contributed by atoms with E-state index in [9.17, 15) is 0 Å². The third kappa shape index (κ3) is 3.96. The molecule has 2 aromatic carbocycles. The number of methoxy groups -OCH3 is 3. The Bertz CT molecular complexity index is 655. The van der Waals surface area contributed by atoms with Gasteiger partial charge >= 0.3 is 0 Å². The van der Waals surface area contributed by atoms with Crippen molar-refractivity contribution in [1.29, 1.82) is 0 Å². The average Bonchev–Trinajstić information content (AvgIpc) is 2.59. The largest absolute Gasteiger partial charge is 0.496 e. The van der Waals surface area contributed by atoms with Crippen molar-refractivity contribution in [3.05, 3.63) is 53.1 Å². The van der Waals surface area contributed by atoms with E-state index >= 15 is 0 Å². The predicted molar refractivity (Wildman–Crippen MR) is 92.8 cm³/mol. The quantitative estimate of drug-likeness (QED) is 0.852. The second-order valence-corrected chi connectivity index (χ2v) is 5.57. The van der Waals surface area contributed by atoms with Gasteiger partial charge in [-0.25, -0.2) is 0 Å². The second-order valence-electron chi connectivity index (χ2n) is 5.57. The summed E-state index contributed by atoms with van der Waals surface area (Å²) < 4.78 is 16.2. The van der Waals surface area contributed by atoms with E-state index in [2.05, 4.69) is 13.0 Å². The van der Waals surface area contributed by atoms with E-state index in [4.69, 9.17) is 19.9 Å². The van der Waals surface area contributed by atoms with Crippen molar-refractivity contribution < 1.29 is 14.2 Å². The lowest BCUT2D eigenvalue weighted by atomic mass is 9.90. The van der Waals surface area contributed by atoms with Gasteiger partial charge in [0, 0.05) is 5.92 Å². The van der Waals surface area contributed by atoms with E-state index in [-0.39, 0.29) is 5.92 Å². The maximum absolute atomic E-state index is 6.04. The fraction of sp³-hybridized carbons (Fsp3) is 0.368. The van der Waals surface area contributed by atoms with E-state index in [0.29, 0.717) is 6.54 Å². The van der Waals surface area contributed by atoms with Crippen molar-refractivity contribution in [2.75, 3.05) is 27.9 Å². The minimum absolute atomic E-state index is 0.183. The minimum Gasteiger partial charge on any atom is -0.496 e. The molecule has 2 rings (SSSR count). The molecule has 4 nitrogen and oxygen atoms in total. The lowest BCUT2D eigenvalue weighted by Crippen LogP contribution is -2.16. The lowest BCUT2D eigenvalue weighted by molar-refractivity contribution is 0.354.